The van der Waals surface area contributed by atoms with E-state index in [-0.39, 0.29) is 36.5 Å². The molecule has 0 bridgehead atoms. The Labute approximate surface area is 227 Å². The summed E-state index contributed by atoms with van der Waals surface area (Å²) in [5, 5.41) is 9.44. The molecule has 3 heterocycles. The zero-order valence-electron chi connectivity index (χ0n) is 21.9. The molecule has 2 saturated heterocycles. The molecule has 2 aliphatic rings. The third-order valence-corrected chi connectivity index (χ3v) is 7.08. The lowest BCUT2D eigenvalue weighted by Crippen LogP contribution is -2.38. The summed E-state index contributed by atoms with van der Waals surface area (Å²) in [4.78, 5) is 23.8. The fraction of sp³-hybridized carbons (Fsp3) is 0.414. The van der Waals surface area contributed by atoms with E-state index < -0.39 is 5.97 Å². The number of carboxylic acids is 1. The Morgan fingerprint density at radius 2 is 1.74 bits per heavy atom. The maximum atomic E-state index is 14.5. The molecular formula is C29H33FN4O5. The zero-order chi connectivity index (χ0) is 27.2. The molecule has 39 heavy (non-hydrogen) atoms. The van der Waals surface area contributed by atoms with Crippen molar-refractivity contribution in [2.45, 2.75) is 50.9 Å². The number of halogens is 1. The van der Waals surface area contributed by atoms with E-state index in [4.69, 9.17) is 14.2 Å². The number of aromatic nitrogens is 2. The van der Waals surface area contributed by atoms with Gasteiger partial charge in [0.1, 0.15) is 29.5 Å². The van der Waals surface area contributed by atoms with Gasteiger partial charge < -0.3 is 29.1 Å². The number of anilines is 2. The lowest BCUT2D eigenvalue weighted by Gasteiger charge is -2.34. The van der Waals surface area contributed by atoms with Crippen LogP contribution in [0.25, 0.3) is 0 Å². The van der Waals surface area contributed by atoms with E-state index in [1.54, 1.807) is 30.6 Å². The molecule has 1 N–H and O–H groups in total. The predicted octanol–water partition coefficient (Wildman–Crippen LogP) is 4.56. The highest BCUT2D eigenvalue weighted by Crippen LogP contribution is 2.32. The molecule has 10 heteroatoms. The first kappa shape index (κ1) is 26.5. The van der Waals surface area contributed by atoms with Gasteiger partial charge in [-0.25, -0.2) is 14.4 Å². The number of benzene rings is 2. The van der Waals surface area contributed by atoms with Gasteiger partial charge in [-0.15, -0.1) is 0 Å². The SMILES string of the molecule is CCOc1ccc(F)c(N2CCC(Oc3ccc(N4C[C@H](Oc5ncccn5)C[C@@H]4CC(=O)O)cc3)CC2)c1. The van der Waals surface area contributed by atoms with Crippen LogP contribution in [0.2, 0.25) is 0 Å². The van der Waals surface area contributed by atoms with Gasteiger partial charge in [0.2, 0.25) is 0 Å². The summed E-state index contributed by atoms with van der Waals surface area (Å²) in [5.74, 6) is 0.321. The van der Waals surface area contributed by atoms with Crippen molar-refractivity contribution in [1.82, 2.24) is 9.97 Å². The second-order valence-corrected chi connectivity index (χ2v) is 9.76. The van der Waals surface area contributed by atoms with E-state index in [1.165, 1.54) is 6.07 Å². The molecular weight excluding hydrogens is 503 g/mol. The predicted molar refractivity (Wildman–Crippen MR) is 144 cm³/mol. The number of rotatable bonds is 10. The molecule has 0 radical (unpaired) electrons. The van der Waals surface area contributed by atoms with Crippen LogP contribution in [0.4, 0.5) is 15.8 Å². The highest BCUT2D eigenvalue weighted by atomic mass is 19.1. The van der Waals surface area contributed by atoms with Gasteiger partial charge in [-0.3, -0.25) is 4.79 Å². The van der Waals surface area contributed by atoms with Crippen molar-refractivity contribution >= 4 is 17.3 Å². The molecule has 9 nitrogen and oxygen atoms in total. The largest absolute Gasteiger partial charge is 0.494 e. The first-order valence-corrected chi connectivity index (χ1v) is 13.3. The smallest absolute Gasteiger partial charge is 0.316 e. The van der Waals surface area contributed by atoms with Gasteiger partial charge in [0.05, 0.1) is 25.3 Å². The first-order chi connectivity index (χ1) is 19.0. The minimum absolute atomic E-state index is 0.0143. The molecule has 0 aliphatic carbocycles. The number of carboxylic acid groups (broad SMARTS) is 1. The number of piperidine rings is 1. The molecule has 0 spiro atoms. The Bertz CT molecular complexity index is 1240. The Morgan fingerprint density at radius 1 is 1.03 bits per heavy atom. The van der Waals surface area contributed by atoms with Gasteiger partial charge in [0, 0.05) is 62.5 Å². The van der Waals surface area contributed by atoms with E-state index in [0.717, 1.165) is 24.3 Å². The van der Waals surface area contributed by atoms with E-state index in [2.05, 4.69) is 14.9 Å². The first-order valence-electron chi connectivity index (χ1n) is 13.3. The van der Waals surface area contributed by atoms with Crippen LogP contribution in [0, 0.1) is 5.82 Å². The van der Waals surface area contributed by atoms with Crippen molar-refractivity contribution in [3.8, 4) is 17.5 Å². The van der Waals surface area contributed by atoms with Crippen molar-refractivity contribution < 1.29 is 28.5 Å². The quantitative estimate of drug-likeness (QED) is 0.400. The Kier molecular flexibility index (Phi) is 8.29. The van der Waals surface area contributed by atoms with Crippen molar-refractivity contribution in [2.75, 3.05) is 36.0 Å². The summed E-state index contributed by atoms with van der Waals surface area (Å²) in [7, 11) is 0. The lowest BCUT2D eigenvalue weighted by atomic mass is 10.1. The number of hydrogen-bond acceptors (Lipinski definition) is 8. The molecule has 0 unspecified atom stereocenters. The number of ether oxygens (including phenoxy) is 3. The molecule has 3 aromatic rings. The van der Waals surface area contributed by atoms with Crippen molar-refractivity contribution in [3.05, 3.63) is 66.7 Å². The zero-order valence-corrected chi connectivity index (χ0v) is 21.9. The topological polar surface area (TPSA) is 97.3 Å². The van der Waals surface area contributed by atoms with Crippen LogP contribution >= 0.6 is 0 Å². The molecule has 0 saturated carbocycles. The number of aliphatic carboxylic acids is 1. The van der Waals surface area contributed by atoms with Crippen LogP contribution < -0.4 is 24.0 Å². The fourth-order valence-corrected chi connectivity index (χ4v) is 5.28. The minimum atomic E-state index is -0.850. The molecule has 2 aromatic carbocycles. The van der Waals surface area contributed by atoms with Gasteiger partial charge in [-0.1, -0.05) is 0 Å². The van der Waals surface area contributed by atoms with Gasteiger partial charge in [-0.05, 0) is 49.4 Å². The van der Waals surface area contributed by atoms with E-state index in [1.807, 2.05) is 36.1 Å². The fourth-order valence-electron chi connectivity index (χ4n) is 5.28. The Morgan fingerprint density at radius 3 is 2.44 bits per heavy atom. The molecule has 2 fully saturated rings. The summed E-state index contributed by atoms with van der Waals surface area (Å²) < 4.78 is 32.1. The highest BCUT2D eigenvalue weighted by Gasteiger charge is 2.35. The Hall–Kier alpha value is -4.08. The maximum Gasteiger partial charge on any atom is 0.316 e. The van der Waals surface area contributed by atoms with Gasteiger partial charge >= 0.3 is 12.0 Å². The monoisotopic (exact) mass is 536 g/mol. The summed E-state index contributed by atoms with van der Waals surface area (Å²) in [6.45, 7) is 4.36. The summed E-state index contributed by atoms with van der Waals surface area (Å²) in [6.07, 6.45) is 5.17. The molecule has 206 valence electrons. The van der Waals surface area contributed by atoms with Gasteiger partial charge in [0.25, 0.3) is 0 Å². The van der Waals surface area contributed by atoms with E-state index >= 15 is 0 Å². The van der Waals surface area contributed by atoms with E-state index in [9.17, 15) is 14.3 Å². The average molecular weight is 537 g/mol. The van der Waals surface area contributed by atoms with E-state index in [0.29, 0.717) is 44.1 Å². The third kappa shape index (κ3) is 6.68. The molecule has 0 amide bonds. The number of carbonyl (C=O) groups is 1. The second kappa shape index (κ2) is 12.2. The lowest BCUT2D eigenvalue weighted by molar-refractivity contribution is -0.137. The van der Waals surface area contributed by atoms with Crippen LogP contribution in [0.5, 0.6) is 17.5 Å². The Balaban J connectivity index is 1.18. The summed E-state index contributed by atoms with van der Waals surface area (Å²) >= 11 is 0. The average Bonchev–Trinajstić information content (AvgIpc) is 3.32. The van der Waals surface area contributed by atoms with Crippen LogP contribution in [-0.4, -0.2) is 65.5 Å². The number of hydrogen-bond donors (Lipinski definition) is 1. The summed E-state index contributed by atoms with van der Waals surface area (Å²) in [5.41, 5.74) is 1.47. The van der Waals surface area contributed by atoms with Gasteiger partial charge in [-0.2, -0.15) is 0 Å². The van der Waals surface area contributed by atoms with Crippen molar-refractivity contribution in [1.29, 1.82) is 0 Å². The van der Waals surface area contributed by atoms with Crippen LogP contribution in [-0.2, 0) is 4.79 Å². The molecule has 5 rings (SSSR count). The normalized spacial score (nSPS) is 19.6. The van der Waals surface area contributed by atoms with Crippen molar-refractivity contribution in [3.63, 3.8) is 0 Å². The molecule has 2 aliphatic heterocycles. The molecule has 1 aromatic heterocycles. The maximum absolute atomic E-state index is 14.5. The number of nitrogens with zero attached hydrogens (tertiary/aromatic N) is 4. The third-order valence-electron chi connectivity index (χ3n) is 7.08. The van der Waals surface area contributed by atoms with Crippen LogP contribution in [0.15, 0.2) is 60.9 Å². The van der Waals surface area contributed by atoms with Gasteiger partial charge in [0.15, 0.2) is 0 Å². The molecule has 2 atom stereocenters. The van der Waals surface area contributed by atoms with Crippen LogP contribution in [0.1, 0.15) is 32.6 Å². The minimum Gasteiger partial charge on any atom is -0.494 e. The van der Waals surface area contributed by atoms with Crippen molar-refractivity contribution in [2.24, 2.45) is 0 Å². The standard InChI is InChI=1S/C29H33FN4O5/c1-2-37-24-8-9-26(30)27(18-24)33-14-10-23(11-15-33)38-22-6-4-20(5-7-22)34-19-25(16-21(34)17-28(35)36)39-29-31-12-3-13-32-29/h3-9,12-13,18,21,23,25H,2,10-11,14-17,19H2,1H3,(H,35,36)/t21-,25-/m1/s1. The second-order valence-electron chi connectivity index (χ2n) is 9.76. The highest BCUT2D eigenvalue weighted by molar-refractivity contribution is 5.69. The summed E-state index contributed by atoms with van der Waals surface area (Å²) in [6, 6.07) is 14.4. The van der Waals surface area contributed by atoms with Crippen LogP contribution in [0.3, 0.4) is 0 Å².